The SMILES string of the molecule is CC(C)[CH2][Al]([CH2]C(C)C)[CH2]C(C)C.C[O-].[Na+]. The molecule has 0 fully saturated rings. The van der Waals surface area contributed by atoms with E-state index in [1.54, 1.807) is 15.8 Å². The Morgan fingerprint density at radius 1 is 0.688 bits per heavy atom. The summed E-state index contributed by atoms with van der Waals surface area (Å²) in [5.74, 6) is 2.78. The summed E-state index contributed by atoms with van der Waals surface area (Å²) in [5, 5.41) is 12.9. The molecule has 0 spiro atoms. The van der Waals surface area contributed by atoms with Gasteiger partial charge in [0.2, 0.25) is 0 Å². The summed E-state index contributed by atoms with van der Waals surface area (Å²) in [6.07, 6.45) is 0. The second kappa shape index (κ2) is 14.6. The maximum atomic E-state index is 8.25. The Balaban J connectivity index is -0.000000529. The van der Waals surface area contributed by atoms with Gasteiger partial charge in [0, 0.05) is 0 Å². The van der Waals surface area contributed by atoms with Crippen molar-refractivity contribution in [2.24, 2.45) is 17.8 Å². The number of hydrogen-bond acceptors (Lipinski definition) is 1. The fourth-order valence-electron chi connectivity index (χ4n) is 2.29. The van der Waals surface area contributed by atoms with Gasteiger partial charge < -0.3 is 5.11 Å². The Labute approximate surface area is 130 Å². The molecule has 0 saturated carbocycles. The third-order valence-corrected chi connectivity index (χ3v) is 7.24. The van der Waals surface area contributed by atoms with E-state index in [2.05, 4.69) is 41.5 Å². The van der Waals surface area contributed by atoms with Crippen LogP contribution < -0.4 is 34.7 Å². The molecule has 0 heterocycles. The van der Waals surface area contributed by atoms with Crippen molar-refractivity contribution in [3.05, 3.63) is 0 Å². The number of rotatable bonds is 6. The molecule has 0 radical (unpaired) electrons. The molecule has 1 nitrogen and oxygen atoms in total. The molecule has 0 N–H and O–H groups in total. The van der Waals surface area contributed by atoms with Gasteiger partial charge in [-0.2, -0.15) is 7.11 Å². The van der Waals surface area contributed by atoms with Crippen molar-refractivity contribution in [1.82, 2.24) is 0 Å². The van der Waals surface area contributed by atoms with Gasteiger partial charge in [-0.1, -0.05) is 75.1 Å². The molecule has 92 valence electrons. The van der Waals surface area contributed by atoms with Crippen molar-refractivity contribution in [2.75, 3.05) is 7.11 Å². The van der Waals surface area contributed by atoms with E-state index in [4.69, 9.17) is 5.11 Å². The molecular weight excluding hydrogens is 222 g/mol. The maximum Gasteiger partial charge on any atom is 1.00 e. The van der Waals surface area contributed by atoms with Crippen LogP contribution in [0.1, 0.15) is 41.5 Å². The Hall–Kier alpha value is 1.49. The molecule has 0 aromatic carbocycles. The standard InChI is InChI=1S/3C4H9.CH3O.Al.Na/c3*1-4(2)3;1-2;;/h3*4H,1H2,2-3H3;1H3;;/q;;;-1;;+1. The van der Waals surface area contributed by atoms with Crippen molar-refractivity contribution in [2.45, 2.75) is 57.4 Å². The van der Waals surface area contributed by atoms with E-state index in [-0.39, 0.29) is 29.6 Å². The van der Waals surface area contributed by atoms with Gasteiger partial charge in [-0.05, 0) is 0 Å². The Kier molecular flexibility index (Phi) is 20.6. The van der Waals surface area contributed by atoms with Gasteiger partial charge in [0.05, 0.1) is 0 Å². The van der Waals surface area contributed by atoms with E-state index in [1.165, 1.54) is 0 Å². The third-order valence-electron chi connectivity index (χ3n) is 2.41. The van der Waals surface area contributed by atoms with Crippen molar-refractivity contribution in [1.29, 1.82) is 0 Å². The van der Waals surface area contributed by atoms with Crippen LogP contribution in [0, 0.1) is 17.8 Å². The molecule has 0 aliphatic heterocycles. The van der Waals surface area contributed by atoms with E-state index >= 15 is 0 Å². The summed E-state index contributed by atoms with van der Waals surface area (Å²) in [6.45, 7) is 14.3. The quantitative estimate of drug-likeness (QED) is 0.629. The average molecular weight is 252 g/mol. The molecule has 16 heavy (non-hydrogen) atoms. The molecule has 0 bridgehead atoms. The van der Waals surface area contributed by atoms with Crippen molar-refractivity contribution < 1.29 is 34.7 Å². The zero-order chi connectivity index (χ0) is 12.4. The summed E-state index contributed by atoms with van der Waals surface area (Å²) in [5.41, 5.74) is 0. The van der Waals surface area contributed by atoms with Crippen LogP contribution in [0.4, 0.5) is 0 Å². The van der Waals surface area contributed by atoms with Crippen LogP contribution in [0.25, 0.3) is 0 Å². The van der Waals surface area contributed by atoms with Gasteiger partial charge in [-0.3, -0.25) is 0 Å². The van der Waals surface area contributed by atoms with E-state index < -0.39 is 14.1 Å². The first kappa shape index (κ1) is 22.7. The molecule has 0 rings (SSSR count). The fourth-order valence-corrected chi connectivity index (χ4v) is 6.87. The van der Waals surface area contributed by atoms with Gasteiger partial charge >= 0.3 is 29.6 Å². The summed E-state index contributed by atoms with van der Waals surface area (Å²) in [4.78, 5) is 0. The normalized spacial score (nSPS) is 9.94. The Bertz CT molecular complexity index is 103. The molecule has 0 aromatic heterocycles. The molecule has 0 atom stereocenters. The monoisotopic (exact) mass is 252 g/mol. The molecule has 0 aliphatic rings. The van der Waals surface area contributed by atoms with Crippen LogP contribution in [0.3, 0.4) is 0 Å². The largest absolute Gasteiger partial charge is 1.00 e. The maximum absolute atomic E-state index is 8.25. The molecular formula is C13H30AlNaO. The van der Waals surface area contributed by atoms with Crippen LogP contribution in [0.2, 0.25) is 15.8 Å². The van der Waals surface area contributed by atoms with Gasteiger partial charge in [0.15, 0.2) is 0 Å². The fraction of sp³-hybridized carbons (Fsp3) is 1.00. The number of hydrogen-bond donors (Lipinski definition) is 0. The van der Waals surface area contributed by atoms with E-state index in [1.807, 2.05) is 0 Å². The summed E-state index contributed by atoms with van der Waals surface area (Å²) in [7, 11) is 0.750. The van der Waals surface area contributed by atoms with Gasteiger partial charge in [0.25, 0.3) is 14.1 Å². The minimum atomic E-state index is -0.407. The van der Waals surface area contributed by atoms with Crippen LogP contribution in [0.5, 0.6) is 0 Å². The van der Waals surface area contributed by atoms with E-state index in [0.717, 1.165) is 24.9 Å². The molecule has 0 saturated heterocycles. The Morgan fingerprint density at radius 2 is 0.875 bits per heavy atom. The average Bonchev–Trinajstić information content (AvgIpc) is 2.03. The second-order valence-electron chi connectivity index (χ2n) is 5.75. The molecule has 0 amide bonds. The van der Waals surface area contributed by atoms with Crippen molar-refractivity contribution in [3.8, 4) is 0 Å². The first-order chi connectivity index (χ1) is 6.91. The van der Waals surface area contributed by atoms with Gasteiger partial charge in [0.1, 0.15) is 0 Å². The zero-order valence-corrected chi connectivity index (χ0v) is 16.0. The van der Waals surface area contributed by atoms with Crippen molar-refractivity contribution >= 4 is 14.1 Å². The second-order valence-corrected chi connectivity index (χ2v) is 8.90. The van der Waals surface area contributed by atoms with Crippen LogP contribution in [-0.2, 0) is 0 Å². The van der Waals surface area contributed by atoms with E-state index in [0.29, 0.717) is 0 Å². The molecule has 0 unspecified atom stereocenters. The van der Waals surface area contributed by atoms with Crippen LogP contribution in [0.15, 0.2) is 0 Å². The van der Waals surface area contributed by atoms with Gasteiger partial charge in [-0.15, -0.1) is 0 Å². The topological polar surface area (TPSA) is 23.1 Å². The summed E-state index contributed by atoms with van der Waals surface area (Å²) in [6, 6.07) is 0. The zero-order valence-electron chi connectivity index (χ0n) is 12.8. The first-order valence-corrected chi connectivity index (χ1v) is 8.77. The summed E-state index contributed by atoms with van der Waals surface area (Å²) < 4.78 is 0. The van der Waals surface area contributed by atoms with E-state index in [9.17, 15) is 0 Å². The molecule has 0 aliphatic carbocycles. The minimum absolute atomic E-state index is 0. The van der Waals surface area contributed by atoms with Crippen molar-refractivity contribution in [3.63, 3.8) is 0 Å². The first-order valence-electron chi connectivity index (χ1n) is 6.32. The molecule has 0 aromatic rings. The summed E-state index contributed by atoms with van der Waals surface area (Å²) >= 11 is -0.407. The predicted molar refractivity (Wildman–Crippen MR) is 70.6 cm³/mol. The predicted octanol–water partition coefficient (Wildman–Crippen LogP) is 0.430. The smallest absolute Gasteiger partial charge is 0.857 e. The third kappa shape index (κ3) is 17.9. The molecule has 3 heteroatoms. The minimum Gasteiger partial charge on any atom is -0.857 e. The van der Waals surface area contributed by atoms with Crippen LogP contribution >= 0.6 is 0 Å². The Morgan fingerprint density at radius 3 is 1.00 bits per heavy atom. The van der Waals surface area contributed by atoms with Crippen LogP contribution in [-0.4, -0.2) is 21.3 Å². The van der Waals surface area contributed by atoms with Gasteiger partial charge in [-0.25, -0.2) is 0 Å².